The second-order valence-electron chi connectivity index (χ2n) is 2.93. The molecular formula is C7H11N3O5S. The summed E-state index contributed by atoms with van der Waals surface area (Å²) in [5, 5.41) is 16.8. The van der Waals surface area contributed by atoms with E-state index in [2.05, 4.69) is 0 Å². The number of hydrogen-bond acceptors (Lipinski definition) is 5. The van der Waals surface area contributed by atoms with Crippen LogP contribution >= 0.6 is 0 Å². The molecule has 0 aliphatic carbocycles. The number of nitrogens with zero attached hydrogens (tertiary/aromatic N) is 1. The molecule has 8 nitrogen and oxygen atoms in total. The van der Waals surface area contributed by atoms with E-state index in [-0.39, 0.29) is 12.8 Å². The Labute approximate surface area is 92.1 Å². The van der Waals surface area contributed by atoms with Gasteiger partial charge in [0.1, 0.15) is 6.04 Å². The molecule has 0 aromatic carbocycles. The second-order valence-corrected chi connectivity index (χ2v) is 4.68. The average molecular weight is 249 g/mol. The van der Waals surface area contributed by atoms with Gasteiger partial charge in [0.2, 0.25) is 15.9 Å². The average Bonchev–Trinajstić information content (AvgIpc) is 2.11. The molecule has 0 fully saturated rings. The van der Waals surface area contributed by atoms with E-state index < -0.39 is 33.7 Å². The molecule has 4 N–H and O–H groups in total. The number of nitriles is 1. The number of primary amides is 1. The molecule has 1 amide bonds. The van der Waals surface area contributed by atoms with Crippen molar-refractivity contribution in [2.24, 2.45) is 5.73 Å². The fourth-order valence-electron chi connectivity index (χ4n) is 0.863. The van der Waals surface area contributed by atoms with Crippen molar-refractivity contribution in [1.29, 1.82) is 5.26 Å². The van der Waals surface area contributed by atoms with Crippen molar-refractivity contribution in [2.45, 2.75) is 18.9 Å². The van der Waals surface area contributed by atoms with E-state index in [0.717, 1.165) is 0 Å². The molecule has 0 unspecified atom stereocenters. The van der Waals surface area contributed by atoms with Crippen molar-refractivity contribution in [1.82, 2.24) is 4.72 Å². The largest absolute Gasteiger partial charge is 0.480 e. The van der Waals surface area contributed by atoms with Gasteiger partial charge in [0.25, 0.3) is 0 Å². The summed E-state index contributed by atoms with van der Waals surface area (Å²) in [7, 11) is -3.97. The molecule has 0 saturated heterocycles. The summed E-state index contributed by atoms with van der Waals surface area (Å²) in [5.41, 5.74) is 4.80. The van der Waals surface area contributed by atoms with Gasteiger partial charge in [-0.1, -0.05) is 0 Å². The molecule has 0 aromatic heterocycles. The van der Waals surface area contributed by atoms with Crippen LogP contribution in [-0.2, 0) is 19.6 Å². The first-order chi connectivity index (χ1) is 7.28. The Balaban J connectivity index is 4.53. The van der Waals surface area contributed by atoms with Gasteiger partial charge in [0.05, 0.1) is 6.07 Å². The van der Waals surface area contributed by atoms with Crippen molar-refractivity contribution in [2.75, 3.05) is 5.75 Å². The highest BCUT2D eigenvalue weighted by molar-refractivity contribution is 7.89. The lowest BCUT2D eigenvalue weighted by atomic mass is 10.2. The van der Waals surface area contributed by atoms with Gasteiger partial charge in [0.15, 0.2) is 5.75 Å². The van der Waals surface area contributed by atoms with Crippen LogP contribution in [0.3, 0.4) is 0 Å². The number of nitrogens with one attached hydrogen (secondary N) is 1. The van der Waals surface area contributed by atoms with Gasteiger partial charge in [-0.25, -0.2) is 13.1 Å². The Kier molecular flexibility index (Phi) is 5.41. The van der Waals surface area contributed by atoms with Gasteiger partial charge in [0, 0.05) is 6.42 Å². The summed E-state index contributed by atoms with van der Waals surface area (Å²) in [6.07, 6.45) is -0.513. The fraction of sp³-hybridized carbons (Fsp3) is 0.571. The normalized spacial score (nSPS) is 12.7. The molecule has 0 radical (unpaired) electrons. The van der Waals surface area contributed by atoms with Gasteiger partial charge in [-0.05, 0) is 6.42 Å². The Morgan fingerprint density at radius 1 is 1.50 bits per heavy atom. The van der Waals surface area contributed by atoms with Crippen LogP contribution in [0.1, 0.15) is 12.8 Å². The first kappa shape index (κ1) is 14.3. The third-order valence-electron chi connectivity index (χ3n) is 1.55. The van der Waals surface area contributed by atoms with Gasteiger partial charge in [-0.2, -0.15) is 5.26 Å². The van der Waals surface area contributed by atoms with Crippen molar-refractivity contribution >= 4 is 21.9 Å². The van der Waals surface area contributed by atoms with E-state index in [1.807, 2.05) is 0 Å². The minimum atomic E-state index is -3.97. The van der Waals surface area contributed by atoms with E-state index in [9.17, 15) is 18.0 Å². The van der Waals surface area contributed by atoms with Crippen molar-refractivity contribution in [3.05, 3.63) is 0 Å². The fourth-order valence-corrected chi connectivity index (χ4v) is 1.77. The maximum Gasteiger partial charge on any atom is 0.321 e. The molecule has 0 heterocycles. The predicted octanol–water partition coefficient (Wildman–Crippen LogP) is -1.85. The molecule has 0 spiro atoms. The lowest BCUT2D eigenvalue weighted by Gasteiger charge is -2.12. The maximum absolute atomic E-state index is 11.1. The lowest BCUT2D eigenvalue weighted by Crippen LogP contribution is -2.42. The number of rotatable bonds is 7. The van der Waals surface area contributed by atoms with Gasteiger partial charge >= 0.3 is 5.97 Å². The van der Waals surface area contributed by atoms with Crippen LogP contribution in [0.2, 0.25) is 0 Å². The minimum absolute atomic E-state index is 0.255. The van der Waals surface area contributed by atoms with Gasteiger partial charge in [-0.3, -0.25) is 9.59 Å². The van der Waals surface area contributed by atoms with E-state index >= 15 is 0 Å². The summed E-state index contributed by atoms with van der Waals surface area (Å²) in [6, 6.07) is -0.0708. The summed E-state index contributed by atoms with van der Waals surface area (Å²) < 4.78 is 23.9. The maximum atomic E-state index is 11.1. The highest BCUT2D eigenvalue weighted by Gasteiger charge is 2.23. The van der Waals surface area contributed by atoms with Crippen molar-refractivity contribution in [3.63, 3.8) is 0 Å². The highest BCUT2D eigenvalue weighted by atomic mass is 32.2. The number of carbonyl (C=O) groups excluding carboxylic acids is 1. The third-order valence-corrected chi connectivity index (χ3v) is 2.71. The SMILES string of the molecule is N#CCS(=O)(=O)N[C@H](CCC(N)=O)C(=O)O. The zero-order chi connectivity index (χ0) is 12.8. The van der Waals surface area contributed by atoms with Crippen LogP contribution in [0.4, 0.5) is 0 Å². The number of aliphatic carboxylic acids is 1. The molecule has 0 bridgehead atoms. The first-order valence-electron chi connectivity index (χ1n) is 4.16. The zero-order valence-corrected chi connectivity index (χ0v) is 9.03. The summed E-state index contributed by atoms with van der Waals surface area (Å²) in [5.74, 6) is -3.00. The lowest BCUT2D eigenvalue weighted by molar-refractivity contribution is -0.139. The van der Waals surface area contributed by atoms with Crippen LogP contribution in [0, 0.1) is 11.3 Å². The molecule has 0 aliphatic heterocycles. The van der Waals surface area contributed by atoms with E-state index in [0.29, 0.717) is 0 Å². The standard InChI is InChI=1S/C7H11N3O5S/c8-3-4-16(14,15)10-5(7(12)13)1-2-6(9)11/h5,10H,1-2,4H2,(H2,9,11)(H,12,13)/t5-/m1/s1. The number of nitrogens with two attached hydrogens (primary N) is 1. The number of carboxylic acid groups (broad SMARTS) is 1. The Bertz CT molecular complexity index is 410. The summed E-state index contributed by atoms with van der Waals surface area (Å²) in [6.45, 7) is 0. The van der Waals surface area contributed by atoms with Crippen LogP contribution in [0.25, 0.3) is 0 Å². The highest BCUT2D eigenvalue weighted by Crippen LogP contribution is 2.00. The number of hydrogen-bond donors (Lipinski definition) is 3. The molecule has 9 heteroatoms. The topological polar surface area (TPSA) is 150 Å². The second kappa shape index (κ2) is 6.04. The number of sulfonamides is 1. The van der Waals surface area contributed by atoms with E-state index in [4.69, 9.17) is 16.1 Å². The summed E-state index contributed by atoms with van der Waals surface area (Å²) >= 11 is 0. The van der Waals surface area contributed by atoms with Crippen molar-refractivity contribution < 1.29 is 23.1 Å². The van der Waals surface area contributed by atoms with Crippen molar-refractivity contribution in [3.8, 4) is 6.07 Å². The zero-order valence-electron chi connectivity index (χ0n) is 8.21. The number of carbonyl (C=O) groups is 2. The van der Waals surface area contributed by atoms with Gasteiger partial charge in [-0.15, -0.1) is 0 Å². The Morgan fingerprint density at radius 2 is 2.06 bits per heavy atom. The molecule has 0 aliphatic rings. The van der Waals surface area contributed by atoms with Crippen LogP contribution < -0.4 is 10.5 Å². The first-order valence-corrected chi connectivity index (χ1v) is 5.82. The smallest absolute Gasteiger partial charge is 0.321 e. The van der Waals surface area contributed by atoms with Crippen LogP contribution in [0.5, 0.6) is 0 Å². The molecule has 0 aromatic rings. The van der Waals surface area contributed by atoms with Crippen LogP contribution in [0.15, 0.2) is 0 Å². The van der Waals surface area contributed by atoms with E-state index in [1.165, 1.54) is 6.07 Å². The monoisotopic (exact) mass is 249 g/mol. The molecule has 1 atom stereocenters. The molecule has 0 saturated carbocycles. The predicted molar refractivity (Wildman–Crippen MR) is 52.4 cm³/mol. The Hall–Kier alpha value is -1.66. The van der Waals surface area contributed by atoms with E-state index in [1.54, 1.807) is 4.72 Å². The quantitative estimate of drug-likeness (QED) is 0.481. The van der Waals surface area contributed by atoms with Gasteiger partial charge < -0.3 is 10.8 Å². The molecule has 90 valence electrons. The Morgan fingerprint density at radius 3 is 2.44 bits per heavy atom. The third kappa shape index (κ3) is 5.94. The minimum Gasteiger partial charge on any atom is -0.480 e. The molecule has 16 heavy (non-hydrogen) atoms. The number of carboxylic acids is 1. The molecular weight excluding hydrogens is 238 g/mol. The molecule has 0 rings (SSSR count). The van der Waals surface area contributed by atoms with Crippen LogP contribution in [-0.4, -0.2) is 37.2 Å². The summed E-state index contributed by atoms with van der Waals surface area (Å²) in [4.78, 5) is 21.0. The number of amides is 1.